The number of ether oxygens (including phenoxy) is 1. The molecule has 0 aliphatic rings. The van der Waals surface area contributed by atoms with Crippen LogP contribution < -0.4 is 5.32 Å². The number of aryl methyl sites for hydroxylation is 1. The fourth-order valence-electron chi connectivity index (χ4n) is 1.43. The Bertz CT molecular complexity index is 312. The van der Waals surface area contributed by atoms with Crippen LogP contribution in [0.1, 0.15) is 25.1 Å². The fourth-order valence-corrected chi connectivity index (χ4v) is 1.43. The summed E-state index contributed by atoms with van der Waals surface area (Å²) in [7, 11) is 0. The van der Waals surface area contributed by atoms with Gasteiger partial charge in [0.1, 0.15) is 0 Å². The maximum atomic E-state index is 9.65. The first-order valence-corrected chi connectivity index (χ1v) is 6.05. The first-order chi connectivity index (χ1) is 8.09. The topological polar surface area (TPSA) is 70.2 Å². The molecule has 1 rings (SSSR count). The number of nitrogens with zero attached hydrogens (tertiary/aromatic N) is 1. The largest absolute Gasteiger partial charge is 0.389 e. The van der Waals surface area contributed by atoms with Crippen LogP contribution in [0.2, 0.25) is 0 Å². The zero-order valence-electron chi connectivity index (χ0n) is 10.9. The number of rotatable bonds is 8. The van der Waals surface area contributed by atoms with Crippen LogP contribution in [-0.4, -0.2) is 41.2 Å². The maximum Gasteiger partial charge on any atom is 0.0897 e. The Morgan fingerprint density at radius 2 is 2.24 bits per heavy atom. The van der Waals surface area contributed by atoms with Crippen molar-refractivity contribution in [2.75, 3.05) is 19.8 Å². The van der Waals surface area contributed by atoms with Crippen molar-refractivity contribution in [3.63, 3.8) is 0 Å². The van der Waals surface area contributed by atoms with E-state index in [0.29, 0.717) is 32.2 Å². The Labute approximate surface area is 103 Å². The molecule has 5 heteroatoms. The number of hydrogen-bond acceptors (Lipinski definition) is 4. The molecule has 1 heterocycles. The predicted molar refractivity (Wildman–Crippen MR) is 66.7 cm³/mol. The first-order valence-electron chi connectivity index (χ1n) is 6.05. The molecular weight excluding hydrogens is 218 g/mol. The second-order valence-corrected chi connectivity index (χ2v) is 4.74. The molecule has 17 heavy (non-hydrogen) atoms. The summed E-state index contributed by atoms with van der Waals surface area (Å²) in [5.41, 5.74) is 2.18. The van der Waals surface area contributed by atoms with Crippen LogP contribution in [-0.2, 0) is 11.3 Å². The van der Waals surface area contributed by atoms with Crippen molar-refractivity contribution in [1.82, 2.24) is 15.5 Å². The van der Waals surface area contributed by atoms with Crippen molar-refractivity contribution in [1.29, 1.82) is 0 Å². The molecule has 0 unspecified atom stereocenters. The molecular formula is C12H23N3O2. The summed E-state index contributed by atoms with van der Waals surface area (Å²) >= 11 is 0. The third-order valence-electron chi connectivity index (χ3n) is 2.39. The van der Waals surface area contributed by atoms with E-state index < -0.39 is 6.10 Å². The Morgan fingerprint density at radius 3 is 2.82 bits per heavy atom. The molecule has 0 radical (unpaired) electrons. The molecule has 0 amide bonds. The molecule has 1 atom stereocenters. The number of nitrogens with one attached hydrogen (secondary N) is 2. The number of aliphatic hydroxyl groups is 1. The quantitative estimate of drug-likeness (QED) is 0.631. The van der Waals surface area contributed by atoms with Crippen molar-refractivity contribution >= 4 is 0 Å². The number of aliphatic hydroxyl groups excluding tert-OH is 1. The molecule has 0 aliphatic carbocycles. The predicted octanol–water partition coefficient (Wildman–Crippen LogP) is 0.841. The molecule has 0 spiro atoms. The molecule has 0 fully saturated rings. The van der Waals surface area contributed by atoms with Crippen molar-refractivity contribution in [2.45, 2.75) is 33.4 Å². The average molecular weight is 241 g/mol. The van der Waals surface area contributed by atoms with Crippen molar-refractivity contribution in [3.05, 3.63) is 17.5 Å². The molecule has 1 aromatic heterocycles. The molecule has 1 aromatic rings. The Balaban J connectivity index is 2.08. The van der Waals surface area contributed by atoms with E-state index in [0.717, 1.165) is 11.3 Å². The van der Waals surface area contributed by atoms with E-state index >= 15 is 0 Å². The van der Waals surface area contributed by atoms with Gasteiger partial charge in [0.2, 0.25) is 0 Å². The van der Waals surface area contributed by atoms with Crippen LogP contribution in [0, 0.1) is 12.8 Å². The normalized spacial score (nSPS) is 13.2. The van der Waals surface area contributed by atoms with Crippen LogP contribution in [0.3, 0.4) is 0 Å². The summed E-state index contributed by atoms with van der Waals surface area (Å²) in [6.45, 7) is 8.48. The van der Waals surface area contributed by atoms with Gasteiger partial charge in [-0.05, 0) is 12.8 Å². The van der Waals surface area contributed by atoms with Gasteiger partial charge in [-0.15, -0.1) is 0 Å². The third-order valence-corrected chi connectivity index (χ3v) is 2.39. The van der Waals surface area contributed by atoms with Crippen LogP contribution in [0.4, 0.5) is 0 Å². The van der Waals surface area contributed by atoms with E-state index in [9.17, 15) is 5.11 Å². The summed E-state index contributed by atoms with van der Waals surface area (Å²) in [4.78, 5) is 0. The van der Waals surface area contributed by atoms with Gasteiger partial charge >= 0.3 is 0 Å². The standard InChI is InChI=1S/C12H23N3O2/c1-9(2)7-17-8-12(16)6-13-4-11-5-14-15-10(11)3/h5,9,12-13,16H,4,6-8H2,1-3H3,(H,14,15)/t12-/m0/s1. The Morgan fingerprint density at radius 1 is 1.47 bits per heavy atom. The van der Waals surface area contributed by atoms with Gasteiger partial charge in [-0.1, -0.05) is 13.8 Å². The van der Waals surface area contributed by atoms with Gasteiger partial charge in [-0.3, -0.25) is 5.10 Å². The lowest BCUT2D eigenvalue weighted by atomic mass is 10.2. The molecule has 0 saturated heterocycles. The van der Waals surface area contributed by atoms with Gasteiger partial charge < -0.3 is 15.2 Å². The van der Waals surface area contributed by atoms with Gasteiger partial charge in [0.25, 0.3) is 0 Å². The lowest BCUT2D eigenvalue weighted by Gasteiger charge is -2.13. The minimum Gasteiger partial charge on any atom is -0.389 e. The minimum atomic E-state index is -0.457. The van der Waals surface area contributed by atoms with E-state index in [4.69, 9.17) is 4.74 Å². The van der Waals surface area contributed by atoms with Crippen LogP contribution in [0.5, 0.6) is 0 Å². The first kappa shape index (κ1) is 14.2. The van der Waals surface area contributed by atoms with E-state index in [1.165, 1.54) is 0 Å². The summed E-state index contributed by atoms with van der Waals surface area (Å²) in [5.74, 6) is 0.503. The monoisotopic (exact) mass is 241 g/mol. The number of aromatic nitrogens is 2. The Kier molecular flexibility index (Phi) is 6.18. The average Bonchev–Trinajstić information content (AvgIpc) is 2.64. The molecule has 0 aromatic carbocycles. The SMILES string of the molecule is Cc1[nH]ncc1CNC[C@H](O)COCC(C)C. The summed E-state index contributed by atoms with van der Waals surface area (Å²) in [6, 6.07) is 0. The van der Waals surface area contributed by atoms with Crippen molar-refractivity contribution in [3.8, 4) is 0 Å². The Hall–Kier alpha value is -0.910. The van der Waals surface area contributed by atoms with E-state index in [2.05, 4.69) is 29.4 Å². The summed E-state index contributed by atoms with van der Waals surface area (Å²) in [6.07, 6.45) is 1.34. The fraction of sp³-hybridized carbons (Fsp3) is 0.750. The van der Waals surface area contributed by atoms with Gasteiger partial charge in [0.15, 0.2) is 0 Å². The van der Waals surface area contributed by atoms with Crippen LogP contribution >= 0.6 is 0 Å². The smallest absolute Gasteiger partial charge is 0.0897 e. The highest BCUT2D eigenvalue weighted by atomic mass is 16.5. The van der Waals surface area contributed by atoms with Crippen molar-refractivity contribution in [2.24, 2.45) is 5.92 Å². The molecule has 5 nitrogen and oxygen atoms in total. The second-order valence-electron chi connectivity index (χ2n) is 4.74. The highest BCUT2D eigenvalue weighted by Crippen LogP contribution is 2.01. The zero-order chi connectivity index (χ0) is 12.7. The molecule has 0 saturated carbocycles. The van der Waals surface area contributed by atoms with Gasteiger partial charge in [-0.2, -0.15) is 5.10 Å². The zero-order valence-corrected chi connectivity index (χ0v) is 10.9. The van der Waals surface area contributed by atoms with Gasteiger partial charge in [-0.25, -0.2) is 0 Å². The summed E-state index contributed by atoms with van der Waals surface area (Å²) < 4.78 is 5.36. The van der Waals surface area contributed by atoms with Gasteiger partial charge in [0.05, 0.1) is 18.9 Å². The molecule has 98 valence electrons. The lowest BCUT2D eigenvalue weighted by Crippen LogP contribution is -2.30. The second kappa shape index (κ2) is 7.42. The number of hydrogen-bond donors (Lipinski definition) is 3. The van der Waals surface area contributed by atoms with E-state index in [1.54, 1.807) is 6.20 Å². The van der Waals surface area contributed by atoms with E-state index in [-0.39, 0.29) is 0 Å². The van der Waals surface area contributed by atoms with Gasteiger partial charge in [0, 0.05) is 31.0 Å². The molecule has 0 aliphatic heterocycles. The number of H-pyrrole nitrogens is 1. The summed E-state index contributed by atoms with van der Waals surface area (Å²) in [5, 5.41) is 19.6. The van der Waals surface area contributed by atoms with Crippen LogP contribution in [0.25, 0.3) is 0 Å². The minimum absolute atomic E-state index is 0.384. The van der Waals surface area contributed by atoms with Crippen molar-refractivity contribution < 1.29 is 9.84 Å². The molecule has 0 bridgehead atoms. The highest BCUT2D eigenvalue weighted by Gasteiger charge is 2.05. The third kappa shape index (κ3) is 5.81. The van der Waals surface area contributed by atoms with Crippen LogP contribution in [0.15, 0.2) is 6.20 Å². The maximum absolute atomic E-state index is 9.65. The molecule has 3 N–H and O–H groups in total. The van der Waals surface area contributed by atoms with E-state index in [1.807, 2.05) is 6.92 Å². The number of aromatic amines is 1. The lowest BCUT2D eigenvalue weighted by molar-refractivity contribution is 0.0260. The highest BCUT2D eigenvalue weighted by molar-refractivity contribution is 5.13.